The highest BCUT2D eigenvalue weighted by atomic mass is 35.5. The molecule has 2 aromatic heterocycles. The van der Waals surface area contributed by atoms with Crippen LogP contribution in [0.25, 0.3) is 5.57 Å². The number of rotatable bonds is 6. The Labute approximate surface area is 201 Å². The summed E-state index contributed by atoms with van der Waals surface area (Å²) in [4.78, 5) is 11.0. The fraction of sp³-hybridized carbons (Fsp3) is 0.318. The van der Waals surface area contributed by atoms with Gasteiger partial charge in [0.1, 0.15) is 11.9 Å². The molecule has 3 aromatic rings. The maximum atomic E-state index is 13.8. The van der Waals surface area contributed by atoms with Crippen LogP contribution in [0.4, 0.5) is 13.2 Å². The minimum atomic E-state index is -2.84. The van der Waals surface area contributed by atoms with E-state index < -0.39 is 24.0 Å². The highest BCUT2D eigenvalue weighted by molar-refractivity contribution is 7.11. The van der Waals surface area contributed by atoms with Crippen molar-refractivity contribution in [3.63, 3.8) is 0 Å². The first-order chi connectivity index (χ1) is 16.3. The summed E-state index contributed by atoms with van der Waals surface area (Å²) in [5.41, 5.74) is 0.507. The summed E-state index contributed by atoms with van der Waals surface area (Å²) in [7, 11) is 0. The molecule has 0 bridgehead atoms. The van der Waals surface area contributed by atoms with Crippen molar-refractivity contribution in [2.45, 2.75) is 31.0 Å². The first-order valence-corrected chi connectivity index (χ1v) is 11.7. The van der Waals surface area contributed by atoms with Crippen LogP contribution in [0.3, 0.4) is 0 Å². The number of thiazole rings is 1. The Hall–Kier alpha value is -2.73. The third-order valence-electron chi connectivity index (χ3n) is 5.91. The molecule has 12 heteroatoms. The van der Waals surface area contributed by atoms with Crippen molar-refractivity contribution < 1.29 is 23.4 Å². The lowest BCUT2D eigenvalue weighted by Crippen LogP contribution is -2.38. The lowest BCUT2D eigenvalue weighted by molar-refractivity contribution is 0.0300. The summed E-state index contributed by atoms with van der Waals surface area (Å²) in [5, 5.41) is 27.3. The largest absolute Gasteiger partial charge is 0.396 e. The number of hydrogen-bond donors (Lipinski definition) is 2. The lowest BCUT2D eigenvalue weighted by atomic mass is 9.90. The molecule has 1 saturated heterocycles. The summed E-state index contributed by atoms with van der Waals surface area (Å²) in [6.45, 7) is -2.94. The van der Waals surface area contributed by atoms with E-state index in [4.69, 9.17) is 16.6 Å². The fourth-order valence-electron chi connectivity index (χ4n) is 4.42. The van der Waals surface area contributed by atoms with Gasteiger partial charge in [-0.05, 0) is 18.2 Å². The van der Waals surface area contributed by atoms with Gasteiger partial charge in [0.2, 0.25) is 0 Å². The van der Waals surface area contributed by atoms with Gasteiger partial charge < -0.3 is 15.1 Å². The van der Waals surface area contributed by atoms with Crippen molar-refractivity contribution in [2.75, 3.05) is 13.2 Å². The van der Waals surface area contributed by atoms with Crippen LogP contribution in [-0.2, 0) is 0 Å². The Morgan fingerprint density at radius 3 is 2.76 bits per heavy atom. The number of halogens is 4. The molecule has 5 rings (SSSR count). The Bertz CT molecular complexity index is 1280. The summed E-state index contributed by atoms with van der Waals surface area (Å²) in [5.74, 6) is -0.0500. The third-order valence-corrected chi connectivity index (χ3v) is 7.00. The zero-order valence-corrected chi connectivity index (χ0v) is 19.1. The van der Waals surface area contributed by atoms with E-state index in [1.54, 1.807) is 16.5 Å². The predicted octanol–water partition coefficient (Wildman–Crippen LogP) is 4.26. The number of amidine groups is 1. The second kappa shape index (κ2) is 8.81. The van der Waals surface area contributed by atoms with E-state index in [0.29, 0.717) is 32.4 Å². The Morgan fingerprint density at radius 2 is 2.12 bits per heavy atom. The predicted molar refractivity (Wildman–Crippen MR) is 121 cm³/mol. The van der Waals surface area contributed by atoms with Crippen LogP contribution in [0.1, 0.15) is 41.7 Å². The Balaban J connectivity index is 1.74. The summed E-state index contributed by atoms with van der Waals surface area (Å²) >= 11 is 7.76. The molecule has 2 N–H and O–H groups in total. The molecule has 2 atom stereocenters. The Kier molecular flexibility index (Phi) is 5.96. The van der Waals surface area contributed by atoms with E-state index in [2.05, 4.69) is 10.1 Å². The maximum Gasteiger partial charge on any atom is 0.333 e. The van der Waals surface area contributed by atoms with Crippen LogP contribution < -0.4 is 0 Å². The molecule has 2 aliphatic rings. The highest BCUT2D eigenvalue weighted by Crippen LogP contribution is 2.48. The van der Waals surface area contributed by atoms with Crippen LogP contribution >= 0.6 is 22.9 Å². The highest BCUT2D eigenvalue weighted by Gasteiger charge is 2.46. The molecule has 7 nitrogen and oxygen atoms in total. The summed E-state index contributed by atoms with van der Waals surface area (Å²) in [6, 6.07) is 4.56. The smallest absolute Gasteiger partial charge is 0.333 e. The van der Waals surface area contributed by atoms with Gasteiger partial charge >= 0.3 is 6.55 Å². The van der Waals surface area contributed by atoms with Crippen LogP contribution in [0.15, 0.2) is 52.7 Å². The molecule has 0 unspecified atom stereocenters. The van der Waals surface area contributed by atoms with Gasteiger partial charge in [-0.3, -0.25) is 4.99 Å². The first kappa shape index (κ1) is 23.0. The standard InChI is InChI=1S/C22H19ClF3N5O2S/c23-14-9-12(24)1-2-13(14)18-17(15-3-6-31(29-15)21(25)26)16-10-22(33,4-7-32)11-30(16)19(28-18)20-27-5-8-34-20/h1-3,5-6,8-9,18,21,32-33H,4,7,10-11H2/t18-,22+/m0/s1. The van der Waals surface area contributed by atoms with Crippen LogP contribution in [0.2, 0.25) is 5.02 Å². The molecule has 2 aliphatic heterocycles. The van der Waals surface area contributed by atoms with Crippen LogP contribution in [-0.4, -0.2) is 54.5 Å². The zero-order valence-electron chi connectivity index (χ0n) is 17.6. The monoisotopic (exact) mass is 509 g/mol. The van der Waals surface area contributed by atoms with E-state index in [1.807, 2.05) is 0 Å². The third kappa shape index (κ3) is 4.02. The molecule has 0 saturated carbocycles. The molecule has 0 amide bonds. The van der Waals surface area contributed by atoms with Gasteiger partial charge in [0.05, 0.1) is 17.8 Å². The van der Waals surface area contributed by atoms with Crippen molar-refractivity contribution in [1.29, 1.82) is 0 Å². The molecular formula is C22H19ClF3N5O2S. The van der Waals surface area contributed by atoms with Crippen LogP contribution in [0.5, 0.6) is 0 Å². The summed E-state index contributed by atoms with van der Waals surface area (Å²) in [6.07, 6.45) is 3.03. The van der Waals surface area contributed by atoms with Crippen molar-refractivity contribution in [1.82, 2.24) is 19.7 Å². The molecule has 1 aromatic carbocycles. The topological polar surface area (TPSA) is 86.8 Å². The van der Waals surface area contributed by atoms with Gasteiger partial charge in [0.15, 0.2) is 10.8 Å². The van der Waals surface area contributed by atoms with Crippen LogP contribution in [0, 0.1) is 5.82 Å². The lowest BCUT2D eigenvalue weighted by Gasteiger charge is -2.32. The SMILES string of the molecule is OCC[C@@]1(O)CC2=C(c3ccn(C(F)F)n3)[C@H](c3ccc(F)cc3Cl)N=C(c3nccs3)N2C1. The van der Waals surface area contributed by atoms with E-state index >= 15 is 0 Å². The minimum Gasteiger partial charge on any atom is -0.396 e. The average molecular weight is 510 g/mol. The van der Waals surface area contributed by atoms with Gasteiger partial charge in [-0.1, -0.05) is 17.7 Å². The molecule has 0 spiro atoms. The number of aliphatic hydroxyl groups excluding tert-OH is 1. The van der Waals surface area contributed by atoms with Crippen molar-refractivity contribution in [3.8, 4) is 0 Å². The van der Waals surface area contributed by atoms with Gasteiger partial charge in [-0.15, -0.1) is 11.3 Å². The van der Waals surface area contributed by atoms with E-state index in [-0.39, 0.29) is 36.7 Å². The molecular weight excluding hydrogens is 491 g/mol. The van der Waals surface area contributed by atoms with Gasteiger partial charge in [0.25, 0.3) is 0 Å². The normalized spacial score (nSPS) is 22.5. The number of aliphatic hydroxyl groups is 2. The van der Waals surface area contributed by atoms with Gasteiger partial charge in [-0.2, -0.15) is 13.9 Å². The number of aliphatic imine (C=N–C) groups is 1. The molecule has 4 heterocycles. The number of aromatic nitrogens is 3. The second-order valence-electron chi connectivity index (χ2n) is 8.14. The quantitative estimate of drug-likeness (QED) is 0.518. The number of alkyl halides is 2. The van der Waals surface area contributed by atoms with Crippen molar-refractivity contribution in [3.05, 3.63) is 74.8 Å². The molecule has 34 heavy (non-hydrogen) atoms. The zero-order chi connectivity index (χ0) is 24.0. The average Bonchev–Trinajstić information content (AvgIpc) is 3.53. The molecule has 0 radical (unpaired) electrons. The molecule has 1 fully saturated rings. The van der Waals surface area contributed by atoms with E-state index in [9.17, 15) is 23.4 Å². The van der Waals surface area contributed by atoms with E-state index in [0.717, 1.165) is 6.20 Å². The molecule has 178 valence electrons. The second-order valence-corrected chi connectivity index (χ2v) is 9.44. The summed E-state index contributed by atoms with van der Waals surface area (Å²) < 4.78 is 41.0. The van der Waals surface area contributed by atoms with Gasteiger partial charge in [-0.25, -0.2) is 14.1 Å². The van der Waals surface area contributed by atoms with E-state index in [1.165, 1.54) is 35.6 Å². The minimum absolute atomic E-state index is 0.110. The van der Waals surface area contributed by atoms with Crippen molar-refractivity contribution in [2.24, 2.45) is 4.99 Å². The van der Waals surface area contributed by atoms with Crippen molar-refractivity contribution >= 4 is 34.3 Å². The molecule has 0 aliphatic carbocycles. The Morgan fingerprint density at radius 1 is 1.29 bits per heavy atom. The number of nitrogens with zero attached hydrogens (tertiary/aromatic N) is 5. The first-order valence-electron chi connectivity index (χ1n) is 10.4. The number of fused-ring (bicyclic) bond motifs is 1. The van der Waals surface area contributed by atoms with Gasteiger partial charge in [0, 0.05) is 59.1 Å². The number of benzene rings is 1. The maximum absolute atomic E-state index is 13.8. The number of hydrogen-bond acceptors (Lipinski definition) is 7. The fourth-order valence-corrected chi connectivity index (χ4v) is 5.33.